The molecular formula is C13H20N4O3S. The van der Waals surface area contributed by atoms with Crippen LogP contribution >= 0.6 is 11.8 Å². The van der Waals surface area contributed by atoms with Gasteiger partial charge in [0.15, 0.2) is 5.16 Å². The molecule has 2 aliphatic rings. The van der Waals surface area contributed by atoms with Crippen molar-refractivity contribution < 1.29 is 14.6 Å². The average Bonchev–Trinajstić information content (AvgIpc) is 3.25. The van der Waals surface area contributed by atoms with Gasteiger partial charge >= 0.3 is 5.97 Å². The van der Waals surface area contributed by atoms with E-state index in [4.69, 9.17) is 9.84 Å². The number of ether oxygens (including phenoxy) is 1. The Balaban J connectivity index is 1.74. The second-order valence-electron chi connectivity index (χ2n) is 5.49. The van der Waals surface area contributed by atoms with Crippen LogP contribution in [0.15, 0.2) is 5.16 Å². The number of thioether (sulfide) groups is 1. The first kappa shape index (κ1) is 14.6. The molecule has 0 atom stereocenters. The van der Waals surface area contributed by atoms with Crippen molar-refractivity contribution in [3.63, 3.8) is 0 Å². The normalized spacial score (nSPS) is 20.0. The van der Waals surface area contributed by atoms with Crippen LogP contribution in [0.3, 0.4) is 0 Å². The summed E-state index contributed by atoms with van der Waals surface area (Å²) >= 11 is 1.25. The first-order valence-electron chi connectivity index (χ1n) is 7.26. The molecule has 1 aromatic rings. The number of aromatic nitrogens is 3. The average molecular weight is 312 g/mol. The zero-order valence-electron chi connectivity index (χ0n) is 12.1. The molecule has 0 amide bonds. The minimum atomic E-state index is -0.826. The van der Waals surface area contributed by atoms with Crippen LogP contribution in [0, 0.1) is 0 Å². The monoisotopic (exact) mass is 312 g/mol. The smallest absolute Gasteiger partial charge is 0.313 e. The van der Waals surface area contributed by atoms with Crippen LogP contribution in [-0.4, -0.2) is 57.9 Å². The molecule has 1 aliphatic heterocycles. The predicted octanol–water partition coefficient (Wildman–Crippen LogP) is 1.40. The minimum Gasteiger partial charge on any atom is -0.481 e. The van der Waals surface area contributed by atoms with Gasteiger partial charge in [-0.1, -0.05) is 11.8 Å². The third-order valence-electron chi connectivity index (χ3n) is 3.94. The van der Waals surface area contributed by atoms with Crippen LogP contribution in [0.4, 0.5) is 5.95 Å². The molecule has 1 saturated carbocycles. The number of methoxy groups -OCH3 is 1. The molecule has 1 aliphatic carbocycles. The van der Waals surface area contributed by atoms with Gasteiger partial charge < -0.3 is 14.7 Å². The quantitative estimate of drug-likeness (QED) is 0.795. The molecule has 0 spiro atoms. The molecule has 2 heterocycles. The summed E-state index contributed by atoms with van der Waals surface area (Å²) in [4.78, 5) is 13.0. The first-order chi connectivity index (χ1) is 10.2. The van der Waals surface area contributed by atoms with Gasteiger partial charge in [0.25, 0.3) is 0 Å². The van der Waals surface area contributed by atoms with Crippen molar-refractivity contribution in [3.05, 3.63) is 0 Å². The second kappa shape index (κ2) is 6.23. The van der Waals surface area contributed by atoms with Gasteiger partial charge in [0.05, 0.1) is 11.9 Å². The fourth-order valence-corrected chi connectivity index (χ4v) is 3.37. The lowest BCUT2D eigenvalue weighted by Crippen LogP contribution is -2.38. The molecular weight excluding hydrogens is 292 g/mol. The van der Waals surface area contributed by atoms with Gasteiger partial charge in [-0.2, -0.15) is 0 Å². The van der Waals surface area contributed by atoms with Gasteiger partial charge in [0.1, 0.15) is 0 Å². The molecule has 7 nitrogen and oxygen atoms in total. The Labute approximate surface area is 127 Å². The van der Waals surface area contributed by atoms with E-state index in [9.17, 15) is 4.79 Å². The third-order valence-corrected chi connectivity index (χ3v) is 4.87. The Hall–Kier alpha value is -1.28. The van der Waals surface area contributed by atoms with E-state index < -0.39 is 5.97 Å². The van der Waals surface area contributed by atoms with E-state index >= 15 is 0 Å². The number of nitrogens with zero attached hydrogens (tertiary/aromatic N) is 4. The summed E-state index contributed by atoms with van der Waals surface area (Å²) in [7, 11) is 1.76. The van der Waals surface area contributed by atoms with Crippen LogP contribution in [0.5, 0.6) is 0 Å². The number of carboxylic acid groups (broad SMARTS) is 1. The maximum atomic E-state index is 10.7. The number of aliphatic carboxylic acids is 1. The molecule has 0 aromatic carbocycles. The zero-order chi connectivity index (χ0) is 14.8. The SMILES string of the molecule is COC1CCN(c2nnc(SCC(=O)O)n2C2CC2)CC1. The fourth-order valence-electron chi connectivity index (χ4n) is 2.65. The summed E-state index contributed by atoms with van der Waals surface area (Å²) in [5, 5.41) is 18.1. The molecule has 1 aromatic heterocycles. The number of carboxylic acids is 1. The van der Waals surface area contributed by atoms with Crippen molar-refractivity contribution in [1.82, 2.24) is 14.8 Å². The summed E-state index contributed by atoms with van der Waals surface area (Å²) in [5.74, 6) is 0.0871. The topological polar surface area (TPSA) is 80.5 Å². The maximum Gasteiger partial charge on any atom is 0.313 e. The van der Waals surface area contributed by atoms with Gasteiger partial charge in [-0.15, -0.1) is 10.2 Å². The Kier molecular flexibility index (Phi) is 4.34. The largest absolute Gasteiger partial charge is 0.481 e. The third kappa shape index (κ3) is 3.32. The molecule has 1 saturated heterocycles. The molecule has 0 bridgehead atoms. The molecule has 116 valence electrons. The number of rotatable bonds is 6. The summed E-state index contributed by atoms with van der Waals surface area (Å²) in [6.07, 6.45) is 4.57. The van der Waals surface area contributed by atoms with E-state index in [1.165, 1.54) is 11.8 Å². The van der Waals surface area contributed by atoms with E-state index in [1.807, 2.05) is 0 Å². The van der Waals surface area contributed by atoms with Crippen LogP contribution in [0.1, 0.15) is 31.7 Å². The van der Waals surface area contributed by atoms with Crippen LogP contribution < -0.4 is 4.90 Å². The number of carbonyl (C=O) groups is 1. The highest BCUT2D eigenvalue weighted by Crippen LogP contribution is 2.41. The molecule has 0 unspecified atom stereocenters. The molecule has 2 fully saturated rings. The van der Waals surface area contributed by atoms with E-state index in [2.05, 4.69) is 19.7 Å². The lowest BCUT2D eigenvalue weighted by molar-refractivity contribution is -0.133. The number of anilines is 1. The molecule has 21 heavy (non-hydrogen) atoms. The number of hydrogen-bond acceptors (Lipinski definition) is 6. The van der Waals surface area contributed by atoms with Gasteiger partial charge in [0, 0.05) is 26.2 Å². The Morgan fingerprint density at radius 2 is 2.05 bits per heavy atom. The fraction of sp³-hybridized carbons (Fsp3) is 0.769. The second-order valence-corrected chi connectivity index (χ2v) is 6.43. The van der Waals surface area contributed by atoms with E-state index in [0.29, 0.717) is 12.1 Å². The number of hydrogen-bond donors (Lipinski definition) is 1. The van der Waals surface area contributed by atoms with Crippen molar-refractivity contribution in [3.8, 4) is 0 Å². The van der Waals surface area contributed by atoms with Crippen LogP contribution in [0.2, 0.25) is 0 Å². The van der Waals surface area contributed by atoms with Crippen molar-refractivity contribution in [2.45, 2.75) is 43.0 Å². The van der Waals surface area contributed by atoms with Crippen molar-refractivity contribution >= 4 is 23.7 Å². The highest BCUT2D eigenvalue weighted by atomic mass is 32.2. The summed E-state index contributed by atoms with van der Waals surface area (Å²) in [6, 6.07) is 0.437. The summed E-state index contributed by atoms with van der Waals surface area (Å²) < 4.78 is 7.52. The minimum absolute atomic E-state index is 0.0244. The van der Waals surface area contributed by atoms with E-state index in [-0.39, 0.29) is 5.75 Å². The maximum absolute atomic E-state index is 10.7. The van der Waals surface area contributed by atoms with Crippen molar-refractivity contribution in [1.29, 1.82) is 0 Å². The van der Waals surface area contributed by atoms with Crippen LogP contribution in [-0.2, 0) is 9.53 Å². The highest BCUT2D eigenvalue weighted by Gasteiger charge is 2.33. The Morgan fingerprint density at radius 3 is 2.62 bits per heavy atom. The standard InChI is InChI=1S/C13H20N4O3S/c1-20-10-4-6-16(7-5-10)12-14-15-13(21-8-11(18)19)17(12)9-2-3-9/h9-10H,2-8H2,1H3,(H,18,19). The number of piperidine rings is 1. The molecule has 1 N–H and O–H groups in total. The molecule has 3 rings (SSSR count). The van der Waals surface area contributed by atoms with Gasteiger partial charge in [-0.25, -0.2) is 0 Å². The Morgan fingerprint density at radius 1 is 1.33 bits per heavy atom. The highest BCUT2D eigenvalue weighted by molar-refractivity contribution is 7.99. The lowest BCUT2D eigenvalue weighted by atomic mass is 10.1. The van der Waals surface area contributed by atoms with E-state index in [1.54, 1.807) is 7.11 Å². The van der Waals surface area contributed by atoms with Crippen LogP contribution in [0.25, 0.3) is 0 Å². The summed E-state index contributed by atoms with van der Waals surface area (Å²) in [6.45, 7) is 1.82. The van der Waals surface area contributed by atoms with E-state index in [0.717, 1.165) is 49.9 Å². The van der Waals surface area contributed by atoms with Crippen molar-refractivity contribution in [2.24, 2.45) is 0 Å². The lowest BCUT2D eigenvalue weighted by Gasteiger charge is -2.32. The molecule has 8 heteroatoms. The Bertz CT molecular complexity index is 510. The predicted molar refractivity (Wildman–Crippen MR) is 78.9 cm³/mol. The van der Waals surface area contributed by atoms with Gasteiger partial charge in [-0.3, -0.25) is 9.36 Å². The van der Waals surface area contributed by atoms with Crippen molar-refractivity contribution in [2.75, 3.05) is 30.9 Å². The van der Waals surface area contributed by atoms with Gasteiger partial charge in [0.2, 0.25) is 5.95 Å². The molecule has 0 radical (unpaired) electrons. The zero-order valence-corrected chi connectivity index (χ0v) is 12.9. The first-order valence-corrected chi connectivity index (χ1v) is 8.25. The summed E-state index contributed by atoms with van der Waals surface area (Å²) in [5.41, 5.74) is 0. The van der Waals surface area contributed by atoms with Gasteiger partial charge in [-0.05, 0) is 25.7 Å².